The number of halogens is 3. The summed E-state index contributed by atoms with van der Waals surface area (Å²) in [5.41, 5.74) is 0.827. The van der Waals surface area contributed by atoms with Gasteiger partial charge in [-0.15, -0.1) is 11.3 Å². The minimum atomic E-state index is -4.46. The maximum absolute atomic E-state index is 13.2. The maximum atomic E-state index is 13.2. The molecule has 0 spiro atoms. The van der Waals surface area contributed by atoms with Gasteiger partial charge in [0.1, 0.15) is 10.7 Å². The molecule has 1 fully saturated rings. The predicted octanol–water partition coefficient (Wildman–Crippen LogP) is 6.41. The molecule has 2 aromatic heterocycles. The zero-order chi connectivity index (χ0) is 21.8. The van der Waals surface area contributed by atoms with Crippen LogP contribution in [-0.4, -0.2) is 20.6 Å². The van der Waals surface area contributed by atoms with Gasteiger partial charge in [0.2, 0.25) is 0 Å². The molecule has 0 saturated heterocycles. The summed E-state index contributed by atoms with van der Waals surface area (Å²) in [6.45, 7) is 0.00687. The van der Waals surface area contributed by atoms with Gasteiger partial charge < -0.3 is 9.67 Å². The Hall–Kier alpha value is -3.13. The standard InChI is InChI=1S/C23H17F3N2O2S/c24-23(25,26)15-5-3-4-13(10-15)12-28-17-7-2-1-6-16(17)19(20(28)22(29)30)21-27-11-18(31-21)14-8-9-14/h1-7,10-11,14H,8-9,12H2,(H,29,30). The molecule has 158 valence electrons. The van der Waals surface area contributed by atoms with Crippen LogP contribution in [0.25, 0.3) is 21.5 Å². The molecule has 0 unspecified atom stereocenters. The highest BCUT2D eigenvalue weighted by atomic mass is 32.1. The Labute approximate surface area is 179 Å². The second-order valence-electron chi connectivity index (χ2n) is 7.67. The molecule has 1 aliphatic rings. The first kappa shape index (κ1) is 19.8. The Morgan fingerprint density at radius 3 is 2.65 bits per heavy atom. The minimum Gasteiger partial charge on any atom is -0.477 e. The van der Waals surface area contributed by atoms with Gasteiger partial charge in [-0.25, -0.2) is 9.78 Å². The number of thiazole rings is 1. The fraction of sp³-hybridized carbons (Fsp3) is 0.217. The number of para-hydroxylation sites is 1. The summed E-state index contributed by atoms with van der Waals surface area (Å²) >= 11 is 1.49. The molecule has 1 saturated carbocycles. The summed E-state index contributed by atoms with van der Waals surface area (Å²) in [6.07, 6.45) is -0.423. The SMILES string of the molecule is O=C(O)c1c(-c2ncc(C3CC3)s2)c2ccccc2n1Cc1cccc(C(F)(F)F)c1. The molecular formula is C23H17F3N2O2S. The summed E-state index contributed by atoms with van der Waals surface area (Å²) in [6, 6.07) is 12.2. The highest BCUT2D eigenvalue weighted by Gasteiger charge is 2.31. The van der Waals surface area contributed by atoms with E-state index < -0.39 is 17.7 Å². The first-order valence-electron chi connectivity index (χ1n) is 9.79. The molecular weight excluding hydrogens is 425 g/mol. The zero-order valence-corrected chi connectivity index (χ0v) is 17.0. The maximum Gasteiger partial charge on any atom is 0.416 e. The highest BCUT2D eigenvalue weighted by Crippen LogP contribution is 2.46. The molecule has 0 aliphatic heterocycles. The van der Waals surface area contributed by atoms with Gasteiger partial charge in [-0.05, 0) is 42.5 Å². The van der Waals surface area contributed by atoms with Gasteiger partial charge in [0.05, 0.1) is 11.1 Å². The number of rotatable bonds is 5. The molecule has 0 amide bonds. The van der Waals surface area contributed by atoms with Crippen LogP contribution in [-0.2, 0) is 12.7 Å². The van der Waals surface area contributed by atoms with E-state index in [0.29, 0.717) is 27.6 Å². The normalized spacial score (nSPS) is 14.3. The Kier molecular flexibility index (Phi) is 4.62. The van der Waals surface area contributed by atoms with Gasteiger partial charge in [-0.3, -0.25) is 0 Å². The summed E-state index contributed by atoms with van der Waals surface area (Å²) < 4.78 is 41.0. The van der Waals surface area contributed by atoms with Crippen molar-refractivity contribution >= 4 is 28.2 Å². The van der Waals surface area contributed by atoms with Gasteiger partial charge in [-0.1, -0.05) is 30.3 Å². The minimum absolute atomic E-state index is 0.00687. The molecule has 2 heterocycles. The number of benzene rings is 2. The number of fused-ring (bicyclic) bond motifs is 1. The molecule has 31 heavy (non-hydrogen) atoms. The Morgan fingerprint density at radius 1 is 1.16 bits per heavy atom. The first-order chi connectivity index (χ1) is 14.8. The lowest BCUT2D eigenvalue weighted by Gasteiger charge is -2.12. The third-order valence-corrected chi connectivity index (χ3v) is 6.66. The summed E-state index contributed by atoms with van der Waals surface area (Å²) in [5, 5.41) is 11.4. The molecule has 0 radical (unpaired) electrons. The molecule has 1 N–H and O–H groups in total. The molecule has 4 nitrogen and oxygen atoms in total. The van der Waals surface area contributed by atoms with E-state index in [0.717, 1.165) is 35.2 Å². The van der Waals surface area contributed by atoms with Crippen molar-refractivity contribution in [2.75, 3.05) is 0 Å². The Balaban J connectivity index is 1.68. The number of aromatic nitrogens is 2. The predicted molar refractivity (Wildman–Crippen MR) is 113 cm³/mol. The van der Waals surface area contributed by atoms with Crippen LogP contribution in [0.5, 0.6) is 0 Å². The van der Waals surface area contributed by atoms with E-state index in [-0.39, 0.29) is 12.2 Å². The number of alkyl halides is 3. The van der Waals surface area contributed by atoms with Gasteiger partial charge in [-0.2, -0.15) is 13.2 Å². The summed E-state index contributed by atoms with van der Waals surface area (Å²) in [4.78, 5) is 18.0. The van der Waals surface area contributed by atoms with Crippen molar-refractivity contribution in [3.63, 3.8) is 0 Å². The van der Waals surface area contributed by atoms with Gasteiger partial charge >= 0.3 is 12.1 Å². The van der Waals surface area contributed by atoms with Crippen molar-refractivity contribution in [1.82, 2.24) is 9.55 Å². The van der Waals surface area contributed by atoms with Crippen LogP contribution in [0.1, 0.15) is 45.3 Å². The molecule has 8 heteroatoms. The van der Waals surface area contributed by atoms with E-state index in [2.05, 4.69) is 4.98 Å². The van der Waals surface area contributed by atoms with Crippen LogP contribution < -0.4 is 0 Å². The average molecular weight is 442 g/mol. The number of carboxylic acid groups (broad SMARTS) is 1. The smallest absolute Gasteiger partial charge is 0.416 e. The number of hydrogen-bond donors (Lipinski definition) is 1. The lowest BCUT2D eigenvalue weighted by molar-refractivity contribution is -0.137. The number of aromatic carboxylic acids is 1. The van der Waals surface area contributed by atoms with E-state index in [1.54, 1.807) is 22.8 Å². The second kappa shape index (κ2) is 7.23. The largest absolute Gasteiger partial charge is 0.477 e. The van der Waals surface area contributed by atoms with Crippen LogP contribution in [0.15, 0.2) is 54.7 Å². The third-order valence-electron chi connectivity index (χ3n) is 5.49. The average Bonchev–Trinajstić information content (AvgIpc) is 3.38. The Bertz CT molecular complexity index is 1300. The fourth-order valence-corrected chi connectivity index (χ4v) is 5.04. The van der Waals surface area contributed by atoms with Crippen LogP contribution in [0.2, 0.25) is 0 Å². The summed E-state index contributed by atoms with van der Waals surface area (Å²) in [7, 11) is 0. The topological polar surface area (TPSA) is 55.1 Å². The number of carboxylic acids is 1. The van der Waals surface area contributed by atoms with E-state index in [1.807, 2.05) is 18.3 Å². The first-order valence-corrected chi connectivity index (χ1v) is 10.6. The number of carbonyl (C=O) groups is 1. The summed E-state index contributed by atoms with van der Waals surface area (Å²) in [5.74, 6) is -0.640. The van der Waals surface area contributed by atoms with E-state index in [1.165, 1.54) is 17.4 Å². The van der Waals surface area contributed by atoms with Crippen LogP contribution in [0.4, 0.5) is 13.2 Å². The van der Waals surface area contributed by atoms with E-state index in [4.69, 9.17) is 0 Å². The van der Waals surface area contributed by atoms with Gasteiger partial charge in [0.15, 0.2) is 0 Å². The number of nitrogens with zero attached hydrogens (tertiary/aromatic N) is 2. The highest BCUT2D eigenvalue weighted by molar-refractivity contribution is 7.15. The van der Waals surface area contributed by atoms with Crippen molar-refractivity contribution < 1.29 is 23.1 Å². The van der Waals surface area contributed by atoms with Crippen molar-refractivity contribution in [3.05, 3.63) is 76.4 Å². The van der Waals surface area contributed by atoms with Crippen molar-refractivity contribution in [1.29, 1.82) is 0 Å². The molecule has 1 aliphatic carbocycles. The lowest BCUT2D eigenvalue weighted by atomic mass is 10.1. The van der Waals surface area contributed by atoms with Crippen molar-refractivity contribution in [2.45, 2.75) is 31.5 Å². The van der Waals surface area contributed by atoms with Gasteiger partial charge in [0, 0.05) is 28.5 Å². The van der Waals surface area contributed by atoms with Crippen LogP contribution in [0, 0.1) is 0 Å². The molecule has 5 rings (SSSR count). The monoisotopic (exact) mass is 442 g/mol. The lowest BCUT2D eigenvalue weighted by Crippen LogP contribution is -2.11. The van der Waals surface area contributed by atoms with E-state index in [9.17, 15) is 23.1 Å². The zero-order valence-electron chi connectivity index (χ0n) is 16.2. The third kappa shape index (κ3) is 3.61. The van der Waals surface area contributed by atoms with Crippen molar-refractivity contribution in [3.8, 4) is 10.6 Å². The number of hydrogen-bond acceptors (Lipinski definition) is 3. The molecule has 2 aromatic carbocycles. The molecule has 0 bridgehead atoms. The fourth-order valence-electron chi connectivity index (χ4n) is 3.89. The molecule has 4 aromatic rings. The van der Waals surface area contributed by atoms with Crippen molar-refractivity contribution in [2.24, 2.45) is 0 Å². The second-order valence-corrected chi connectivity index (χ2v) is 8.73. The quantitative estimate of drug-likeness (QED) is 0.389. The van der Waals surface area contributed by atoms with Gasteiger partial charge in [0.25, 0.3) is 0 Å². The van der Waals surface area contributed by atoms with E-state index >= 15 is 0 Å². The Morgan fingerprint density at radius 2 is 1.94 bits per heavy atom. The van der Waals surface area contributed by atoms with Crippen LogP contribution in [0.3, 0.4) is 0 Å². The van der Waals surface area contributed by atoms with Crippen LogP contribution >= 0.6 is 11.3 Å². The molecule has 0 atom stereocenters.